The van der Waals surface area contributed by atoms with Gasteiger partial charge in [-0.15, -0.1) is 0 Å². The molecule has 1 atom stereocenters. The van der Waals surface area contributed by atoms with Gasteiger partial charge < -0.3 is 0 Å². The smallest absolute Gasteiger partial charge is 0.148 e. The molecule has 2 aromatic rings. The zero-order valence-corrected chi connectivity index (χ0v) is 13.0. The van der Waals surface area contributed by atoms with Crippen molar-refractivity contribution in [1.82, 2.24) is 19.9 Å². The summed E-state index contributed by atoms with van der Waals surface area (Å²) in [6.45, 7) is 8.27. The molecule has 0 aromatic carbocycles. The topological polar surface area (TPSA) is 41.9 Å². The molecule has 0 amide bonds. The van der Waals surface area contributed by atoms with E-state index in [4.69, 9.17) is 9.97 Å². The van der Waals surface area contributed by atoms with Gasteiger partial charge in [0.2, 0.25) is 0 Å². The average molecular weight is 282 g/mol. The van der Waals surface area contributed by atoms with Crippen LogP contribution in [0.2, 0.25) is 0 Å². The second-order valence-electron chi connectivity index (χ2n) is 6.09. The van der Waals surface area contributed by atoms with Crippen LogP contribution in [-0.4, -0.2) is 26.4 Å². The minimum absolute atomic E-state index is 0.0890. The van der Waals surface area contributed by atoms with Gasteiger partial charge in [0.05, 0.1) is 11.2 Å². The number of aryl methyl sites for hydroxylation is 2. The third kappa shape index (κ3) is 2.81. The third-order valence-electron chi connectivity index (χ3n) is 4.33. The Hall–Kier alpha value is -1.81. The number of hydrogen-bond donors (Lipinski definition) is 0. The summed E-state index contributed by atoms with van der Waals surface area (Å²) < 4.78 is 0. The average Bonchev–Trinajstić information content (AvgIpc) is 2.82. The maximum absolute atomic E-state index is 4.71. The normalized spacial score (nSPS) is 22.6. The van der Waals surface area contributed by atoms with E-state index in [0.717, 1.165) is 42.4 Å². The van der Waals surface area contributed by atoms with Gasteiger partial charge in [0.15, 0.2) is 0 Å². The standard InChI is InChI=1S/C17H22N4/c1-13-11-14(2)20-16(19-13)17(3)8-6-10-21(17)12-15-7-4-5-9-18-15/h4-5,7,9,11H,6,8,10,12H2,1-3H3/t17-/m1/s1. The lowest BCUT2D eigenvalue weighted by Gasteiger charge is -2.34. The fraction of sp³-hybridized carbons (Fsp3) is 0.471. The molecule has 0 bridgehead atoms. The largest absolute Gasteiger partial charge is 0.285 e. The summed E-state index contributed by atoms with van der Waals surface area (Å²) in [5.74, 6) is 0.952. The number of aromatic nitrogens is 3. The van der Waals surface area contributed by atoms with Crippen LogP contribution in [-0.2, 0) is 12.1 Å². The van der Waals surface area contributed by atoms with E-state index < -0.39 is 0 Å². The van der Waals surface area contributed by atoms with Crippen molar-refractivity contribution in [2.75, 3.05) is 6.54 Å². The second kappa shape index (κ2) is 5.53. The van der Waals surface area contributed by atoms with Crippen molar-refractivity contribution in [2.45, 2.75) is 45.7 Å². The van der Waals surface area contributed by atoms with Crippen LogP contribution < -0.4 is 0 Å². The molecule has 4 heteroatoms. The fourth-order valence-electron chi connectivity index (χ4n) is 3.18. The highest BCUT2D eigenvalue weighted by Crippen LogP contribution is 2.37. The maximum atomic E-state index is 4.71. The predicted molar refractivity (Wildman–Crippen MR) is 82.7 cm³/mol. The van der Waals surface area contributed by atoms with Crippen LogP contribution in [0.1, 0.15) is 42.7 Å². The van der Waals surface area contributed by atoms with Crippen molar-refractivity contribution in [2.24, 2.45) is 0 Å². The van der Waals surface area contributed by atoms with Gasteiger partial charge in [0.1, 0.15) is 5.82 Å². The van der Waals surface area contributed by atoms with Gasteiger partial charge in [-0.25, -0.2) is 9.97 Å². The zero-order chi connectivity index (χ0) is 14.9. The SMILES string of the molecule is Cc1cc(C)nc([C@@]2(C)CCCN2Cc2ccccn2)n1. The van der Waals surface area contributed by atoms with Crippen LogP contribution in [0.15, 0.2) is 30.5 Å². The molecule has 21 heavy (non-hydrogen) atoms. The van der Waals surface area contributed by atoms with Crippen molar-refractivity contribution >= 4 is 0 Å². The molecule has 1 saturated heterocycles. The summed E-state index contributed by atoms with van der Waals surface area (Å²) in [6.07, 6.45) is 4.14. The number of rotatable bonds is 3. The van der Waals surface area contributed by atoms with Gasteiger partial charge in [-0.3, -0.25) is 9.88 Å². The molecule has 3 heterocycles. The third-order valence-corrected chi connectivity index (χ3v) is 4.33. The highest BCUT2D eigenvalue weighted by Gasteiger charge is 2.40. The Morgan fingerprint density at radius 3 is 2.62 bits per heavy atom. The Kier molecular flexibility index (Phi) is 3.72. The van der Waals surface area contributed by atoms with Gasteiger partial charge in [-0.05, 0) is 58.4 Å². The van der Waals surface area contributed by atoms with E-state index in [9.17, 15) is 0 Å². The first-order valence-corrected chi connectivity index (χ1v) is 7.56. The number of likely N-dealkylation sites (tertiary alicyclic amines) is 1. The lowest BCUT2D eigenvalue weighted by Crippen LogP contribution is -2.40. The number of hydrogen-bond acceptors (Lipinski definition) is 4. The Labute approximate surface area is 126 Å². The Balaban J connectivity index is 1.91. The maximum Gasteiger partial charge on any atom is 0.148 e. The molecule has 2 aromatic heterocycles. The zero-order valence-electron chi connectivity index (χ0n) is 13.0. The van der Waals surface area contributed by atoms with Crippen LogP contribution in [0.5, 0.6) is 0 Å². The Morgan fingerprint density at radius 2 is 1.95 bits per heavy atom. The molecule has 0 N–H and O–H groups in total. The van der Waals surface area contributed by atoms with Crippen molar-refractivity contribution in [3.05, 3.63) is 53.4 Å². The predicted octanol–water partition coefficient (Wildman–Crippen LogP) is 3.00. The molecule has 1 aliphatic heterocycles. The van der Waals surface area contributed by atoms with Crippen LogP contribution in [0.3, 0.4) is 0 Å². The quantitative estimate of drug-likeness (QED) is 0.868. The van der Waals surface area contributed by atoms with E-state index in [1.807, 2.05) is 38.2 Å². The molecule has 0 aliphatic carbocycles. The lowest BCUT2D eigenvalue weighted by molar-refractivity contribution is 0.135. The highest BCUT2D eigenvalue weighted by atomic mass is 15.2. The van der Waals surface area contributed by atoms with Crippen LogP contribution in [0, 0.1) is 13.8 Å². The van der Waals surface area contributed by atoms with E-state index >= 15 is 0 Å². The second-order valence-corrected chi connectivity index (χ2v) is 6.09. The van der Waals surface area contributed by atoms with E-state index in [1.165, 1.54) is 6.42 Å². The first-order chi connectivity index (χ1) is 10.1. The molecule has 0 unspecified atom stereocenters. The molecular weight excluding hydrogens is 260 g/mol. The summed E-state index contributed by atoms with van der Waals surface area (Å²) in [5, 5.41) is 0. The Morgan fingerprint density at radius 1 is 1.19 bits per heavy atom. The van der Waals surface area contributed by atoms with Crippen LogP contribution >= 0.6 is 0 Å². The molecular formula is C17H22N4. The molecule has 4 nitrogen and oxygen atoms in total. The van der Waals surface area contributed by atoms with Gasteiger partial charge >= 0.3 is 0 Å². The molecule has 1 aliphatic rings. The Bertz CT molecular complexity index is 606. The van der Waals surface area contributed by atoms with Crippen molar-refractivity contribution in [3.8, 4) is 0 Å². The number of pyridine rings is 1. The first-order valence-electron chi connectivity index (χ1n) is 7.56. The van der Waals surface area contributed by atoms with Gasteiger partial charge in [0.25, 0.3) is 0 Å². The molecule has 3 rings (SSSR count). The molecule has 1 fully saturated rings. The minimum Gasteiger partial charge on any atom is -0.285 e. The molecule has 0 spiro atoms. The van der Waals surface area contributed by atoms with E-state index in [1.54, 1.807) is 0 Å². The molecule has 0 saturated carbocycles. The van der Waals surface area contributed by atoms with Gasteiger partial charge in [-0.1, -0.05) is 6.07 Å². The fourth-order valence-corrected chi connectivity index (χ4v) is 3.18. The summed E-state index contributed by atoms with van der Waals surface area (Å²) in [6, 6.07) is 8.12. The monoisotopic (exact) mass is 282 g/mol. The molecule has 0 radical (unpaired) electrons. The van der Waals surface area contributed by atoms with E-state index in [-0.39, 0.29) is 5.54 Å². The van der Waals surface area contributed by atoms with Crippen molar-refractivity contribution < 1.29 is 0 Å². The highest BCUT2D eigenvalue weighted by molar-refractivity contribution is 5.16. The number of nitrogens with zero attached hydrogens (tertiary/aromatic N) is 4. The van der Waals surface area contributed by atoms with Crippen molar-refractivity contribution in [3.63, 3.8) is 0 Å². The van der Waals surface area contributed by atoms with Crippen molar-refractivity contribution in [1.29, 1.82) is 0 Å². The van der Waals surface area contributed by atoms with Crippen LogP contribution in [0.25, 0.3) is 0 Å². The molecule has 110 valence electrons. The first kappa shape index (κ1) is 14.1. The van der Waals surface area contributed by atoms with E-state index in [0.29, 0.717) is 0 Å². The van der Waals surface area contributed by atoms with E-state index in [2.05, 4.69) is 22.9 Å². The summed E-state index contributed by atoms with van der Waals surface area (Å²) in [7, 11) is 0. The summed E-state index contributed by atoms with van der Waals surface area (Å²) in [5.41, 5.74) is 3.11. The lowest BCUT2D eigenvalue weighted by atomic mass is 9.97. The van der Waals surface area contributed by atoms with Gasteiger partial charge in [0, 0.05) is 24.1 Å². The summed E-state index contributed by atoms with van der Waals surface area (Å²) in [4.78, 5) is 16.3. The summed E-state index contributed by atoms with van der Waals surface area (Å²) >= 11 is 0. The minimum atomic E-state index is -0.0890. The van der Waals surface area contributed by atoms with Crippen LogP contribution in [0.4, 0.5) is 0 Å². The van der Waals surface area contributed by atoms with Gasteiger partial charge in [-0.2, -0.15) is 0 Å².